The molecule has 3 rings (SSSR count). The van der Waals surface area contributed by atoms with Crippen LogP contribution in [0.2, 0.25) is 0 Å². The van der Waals surface area contributed by atoms with Crippen molar-refractivity contribution in [3.8, 4) is 0 Å². The Morgan fingerprint density at radius 3 is 2.41 bits per heavy atom. The molecule has 2 aromatic carbocycles. The highest BCUT2D eigenvalue weighted by atomic mass is 32.2. The second kappa shape index (κ2) is 7.84. The lowest BCUT2D eigenvalue weighted by Crippen LogP contribution is -2.54. The van der Waals surface area contributed by atoms with E-state index in [2.05, 4.69) is 10.6 Å². The van der Waals surface area contributed by atoms with Crippen LogP contribution in [0.3, 0.4) is 0 Å². The topological polar surface area (TPSA) is 95.5 Å². The van der Waals surface area contributed by atoms with E-state index in [0.29, 0.717) is 34.7 Å². The van der Waals surface area contributed by atoms with Gasteiger partial charge in [0, 0.05) is 22.6 Å². The van der Waals surface area contributed by atoms with E-state index in [0.717, 1.165) is 5.56 Å². The summed E-state index contributed by atoms with van der Waals surface area (Å²) < 4.78 is 0. The number of rotatable bonds is 5. The first-order valence-corrected chi connectivity index (χ1v) is 9.67. The van der Waals surface area contributed by atoms with Crippen molar-refractivity contribution in [2.75, 3.05) is 16.8 Å². The molecule has 0 saturated carbocycles. The number of anilines is 1. The van der Waals surface area contributed by atoms with Gasteiger partial charge in [-0.1, -0.05) is 24.3 Å². The number of aryl methyl sites for hydroxylation is 1. The molecule has 6 nitrogen and oxygen atoms in total. The Balaban J connectivity index is 1.79. The van der Waals surface area contributed by atoms with Crippen LogP contribution in [-0.2, 0) is 4.79 Å². The quantitative estimate of drug-likeness (QED) is 0.737. The zero-order chi connectivity index (χ0) is 19.4. The van der Waals surface area contributed by atoms with Gasteiger partial charge in [-0.3, -0.25) is 9.59 Å². The molecule has 1 unspecified atom stereocenters. The summed E-state index contributed by atoms with van der Waals surface area (Å²) in [6.07, 6.45) is 0.391. The van der Waals surface area contributed by atoms with E-state index >= 15 is 0 Å². The molecule has 2 amide bonds. The van der Waals surface area contributed by atoms with Crippen molar-refractivity contribution in [1.29, 1.82) is 0 Å². The molecule has 2 aromatic rings. The highest BCUT2D eigenvalue weighted by Crippen LogP contribution is 2.29. The summed E-state index contributed by atoms with van der Waals surface area (Å²) in [6, 6.07) is 13.7. The maximum Gasteiger partial charge on any atom is 0.330 e. The van der Waals surface area contributed by atoms with Crippen molar-refractivity contribution < 1.29 is 19.5 Å². The van der Waals surface area contributed by atoms with Crippen molar-refractivity contribution in [3.05, 3.63) is 65.2 Å². The third kappa shape index (κ3) is 4.14. The van der Waals surface area contributed by atoms with Crippen LogP contribution in [-0.4, -0.2) is 39.9 Å². The second-order valence-corrected chi connectivity index (χ2v) is 7.60. The van der Waals surface area contributed by atoms with Gasteiger partial charge in [0.1, 0.15) is 5.54 Å². The fraction of sp³-hybridized carbons (Fsp3) is 0.250. The van der Waals surface area contributed by atoms with E-state index in [-0.39, 0.29) is 5.91 Å². The van der Waals surface area contributed by atoms with E-state index in [1.807, 2.05) is 13.0 Å². The number of carboxylic acid groups (broad SMARTS) is 1. The summed E-state index contributed by atoms with van der Waals surface area (Å²) in [5.41, 5.74) is 0.906. The lowest BCUT2D eigenvalue weighted by atomic mass is 9.98. The van der Waals surface area contributed by atoms with Gasteiger partial charge in [0.15, 0.2) is 0 Å². The third-order valence-electron chi connectivity index (χ3n) is 4.57. The fourth-order valence-corrected chi connectivity index (χ4v) is 4.18. The molecular formula is C20H20N2O4S. The summed E-state index contributed by atoms with van der Waals surface area (Å²) in [4.78, 5) is 36.6. The molecule has 0 spiro atoms. The normalized spacial score (nSPS) is 18.7. The van der Waals surface area contributed by atoms with Crippen LogP contribution in [0.4, 0.5) is 5.69 Å². The van der Waals surface area contributed by atoms with Crippen LogP contribution in [0.5, 0.6) is 0 Å². The molecule has 0 bridgehead atoms. The third-order valence-corrected chi connectivity index (χ3v) is 5.76. The van der Waals surface area contributed by atoms with E-state index in [9.17, 15) is 19.5 Å². The van der Waals surface area contributed by atoms with Gasteiger partial charge >= 0.3 is 5.97 Å². The number of carbonyl (C=O) groups is 3. The van der Waals surface area contributed by atoms with Crippen molar-refractivity contribution in [1.82, 2.24) is 5.32 Å². The average Bonchev–Trinajstić information content (AvgIpc) is 3.14. The minimum Gasteiger partial charge on any atom is -0.479 e. The van der Waals surface area contributed by atoms with Crippen LogP contribution in [0.15, 0.2) is 48.5 Å². The highest BCUT2D eigenvalue weighted by molar-refractivity contribution is 7.99. The number of carbonyl (C=O) groups excluding carboxylic acids is 2. The van der Waals surface area contributed by atoms with Gasteiger partial charge in [0.25, 0.3) is 11.8 Å². The van der Waals surface area contributed by atoms with Gasteiger partial charge < -0.3 is 15.7 Å². The first-order chi connectivity index (χ1) is 12.9. The summed E-state index contributed by atoms with van der Waals surface area (Å²) in [6.45, 7) is 1.83. The summed E-state index contributed by atoms with van der Waals surface area (Å²) >= 11 is 1.51. The predicted molar refractivity (Wildman–Crippen MR) is 105 cm³/mol. The number of hydrogen-bond acceptors (Lipinski definition) is 4. The molecule has 1 aliphatic rings. The lowest BCUT2D eigenvalue weighted by Gasteiger charge is -2.24. The maximum atomic E-state index is 12.6. The van der Waals surface area contributed by atoms with Crippen LogP contribution in [0.1, 0.15) is 32.7 Å². The van der Waals surface area contributed by atoms with Gasteiger partial charge in [0.2, 0.25) is 0 Å². The van der Waals surface area contributed by atoms with Crippen molar-refractivity contribution in [2.45, 2.75) is 18.9 Å². The number of hydrogen-bond donors (Lipinski definition) is 3. The molecule has 1 heterocycles. The fourth-order valence-electron chi connectivity index (χ4n) is 2.86. The molecule has 0 radical (unpaired) electrons. The summed E-state index contributed by atoms with van der Waals surface area (Å²) in [5.74, 6) is -0.720. The van der Waals surface area contributed by atoms with E-state index < -0.39 is 17.4 Å². The zero-order valence-electron chi connectivity index (χ0n) is 14.8. The summed E-state index contributed by atoms with van der Waals surface area (Å²) in [5, 5.41) is 15.0. The van der Waals surface area contributed by atoms with Gasteiger partial charge in [-0.25, -0.2) is 4.79 Å². The molecule has 27 heavy (non-hydrogen) atoms. The number of thioether (sulfide) groups is 1. The van der Waals surface area contributed by atoms with Gasteiger partial charge in [-0.15, -0.1) is 0 Å². The number of nitrogens with one attached hydrogen (secondary N) is 2. The van der Waals surface area contributed by atoms with Gasteiger partial charge in [-0.05, 0) is 48.9 Å². The molecule has 0 aliphatic carbocycles. The monoisotopic (exact) mass is 384 g/mol. The van der Waals surface area contributed by atoms with Crippen molar-refractivity contribution >= 4 is 35.2 Å². The molecule has 1 saturated heterocycles. The van der Waals surface area contributed by atoms with Crippen LogP contribution in [0, 0.1) is 6.92 Å². The van der Waals surface area contributed by atoms with Crippen LogP contribution >= 0.6 is 11.8 Å². The largest absolute Gasteiger partial charge is 0.479 e. The smallest absolute Gasteiger partial charge is 0.330 e. The van der Waals surface area contributed by atoms with E-state index in [1.54, 1.807) is 42.5 Å². The van der Waals surface area contributed by atoms with Crippen LogP contribution in [0.25, 0.3) is 0 Å². The van der Waals surface area contributed by atoms with Crippen molar-refractivity contribution in [2.24, 2.45) is 0 Å². The minimum atomic E-state index is -1.24. The Kier molecular flexibility index (Phi) is 5.51. The molecular weight excluding hydrogens is 364 g/mol. The Morgan fingerprint density at radius 1 is 1.04 bits per heavy atom. The molecule has 140 valence electrons. The predicted octanol–water partition coefficient (Wildman–Crippen LogP) is 2.94. The Hall–Kier alpha value is -2.80. The number of aliphatic carboxylic acids is 1. The van der Waals surface area contributed by atoms with Gasteiger partial charge in [-0.2, -0.15) is 11.8 Å². The zero-order valence-corrected chi connectivity index (χ0v) is 15.6. The molecule has 1 aliphatic heterocycles. The second-order valence-electron chi connectivity index (χ2n) is 6.49. The lowest BCUT2D eigenvalue weighted by molar-refractivity contribution is -0.143. The number of amides is 2. The SMILES string of the molecule is Cc1ccc(C(=O)NC2(C(=O)O)CCSC2)cc1NC(=O)c1ccccc1. The molecule has 3 N–H and O–H groups in total. The Bertz CT molecular complexity index is 877. The molecule has 0 aromatic heterocycles. The van der Waals surface area contributed by atoms with E-state index in [4.69, 9.17) is 0 Å². The first-order valence-electron chi connectivity index (χ1n) is 8.52. The Labute approximate surface area is 161 Å². The first kappa shape index (κ1) is 19.0. The number of benzene rings is 2. The number of carboxylic acids is 1. The Morgan fingerprint density at radius 2 is 1.78 bits per heavy atom. The summed E-state index contributed by atoms with van der Waals surface area (Å²) in [7, 11) is 0. The maximum absolute atomic E-state index is 12.6. The molecule has 1 fully saturated rings. The molecule has 7 heteroatoms. The van der Waals surface area contributed by atoms with E-state index in [1.165, 1.54) is 11.8 Å². The van der Waals surface area contributed by atoms with Crippen molar-refractivity contribution in [3.63, 3.8) is 0 Å². The average molecular weight is 384 g/mol. The van der Waals surface area contributed by atoms with Crippen LogP contribution < -0.4 is 10.6 Å². The standard InChI is InChI=1S/C20H20N2O4S/c1-13-7-8-15(18(24)22-20(19(25)26)9-10-27-12-20)11-16(13)21-17(23)14-5-3-2-4-6-14/h2-8,11H,9-10,12H2,1H3,(H,21,23)(H,22,24)(H,25,26). The molecule has 1 atom stereocenters. The minimum absolute atomic E-state index is 0.273. The highest BCUT2D eigenvalue weighted by Gasteiger charge is 2.43. The van der Waals surface area contributed by atoms with Gasteiger partial charge in [0.05, 0.1) is 0 Å².